The van der Waals surface area contributed by atoms with Gasteiger partial charge in [-0.25, -0.2) is 9.18 Å². The number of aryl methyl sites for hydroxylation is 1. The van der Waals surface area contributed by atoms with Crippen molar-refractivity contribution in [2.45, 2.75) is 32.9 Å². The first-order chi connectivity index (χ1) is 12.7. The van der Waals surface area contributed by atoms with Crippen LogP contribution in [0, 0.1) is 22.9 Å². The lowest BCUT2D eigenvalue weighted by atomic mass is 10.1. The molecule has 1 N–H and O–H groups in total. The van der Waals surface area contributed by atoms with E-state index in [1.54, 1.807) is 19.1 Å². The Morgan fingerprint density at radius 3 is 2.33 bits per heavy atom. The maximum absolute atomic E-state index is 13.0. The number of rotatable bonds is 6. The normalized spacial score (nSPS) is 12.7. The van der Waals surface area contributed by atoms with Crippen molar-refractivity contribution in [3.8, 4) is 0 Å². The number of carbonyl (C=O) groups excluding carboxylic acids is 2. The average molecular weight is 374 g/mol. The second-order valence-electron chi connectivity index (χ2n) is 6.09. The van der Waals surface area contributed by atoms with E-state index in [0.717, 1.165) is 0 Å². The molecule has 0 unspecified atom stereocenters. The Bertz CT molecular complexity index is 867. The second-order valence-corrected chi connectivity index (χ2v) is 6.09. The number of benzene rings is 2. The predicted molar refractivity (Wildman–Crippen MR) is 95.7 cm³/mol. The molecule has 0 saturated carbocycles. The van der Waals surface area contributed by atoms with Gasteiger partial charge in [0.15, 0.2) is 6.10 Å². The molecule has 142 valence electrons. The molecular formula is C19H19FN2O5. The lowest BCUT2D eigenvalue weighted by molar-refractivity contribution is -0.385. The van der Waals surface area contributed by atoms with Crippen LogP contribution in [0.4, 0.5) is 10.1 Å². The van der Waals surface area contributed by atoms with E-state index < -0.39 is 28.9 Å². The molecule has 0 aliphatic rings. The Morgan fingerprint density at radius 2 is 1.78 bits per heavy atom. The lowest BCUT2D eigenvalue weighted by Gasteiger charge is -2.18. The minimum atomic E-state index is -1.07. The molecule has 0 aliphatic heterocycles. The van der Waals surface area contributed by atoms with Gasteiger partial charge in [-0.15, -0.1) is 0 Å². The van der Waals surface area contributed by atoms with Gasteiger partial charge in [-0.05, 0) is 50.6 Å². The van der Waals surface area contributed by atoms with Crippen LogP contribution in [0.15, 0.2) is 42.5 Å². The number of nitro groups is 1. The Morgan fingerprint density at radius 1 is 1.15 bits per heavy atom. The molecule has 27 heavy (non-hydrogen) atoms. The third-order valence-electron chi connectivity index (χ3n) is 4.01. The Kier molecular flexibility index (Phi) is 6.23. The van der Waals surface area contributed by atoms with Crippen LogP contribution in [0.1, 0.15) is 41.4 Å². The van der Waals surface area contributed by atoms with Crippen molar-refractivity contribution in [2.24, 2.45) is 0 Å². The predicted octanol–water partition coefficient (Wildman–Crippen LogP) is 3.47. The standard InChI is InChI=1S/C19H19FN2O5/c1-11-10-15(6-9-17(11)22(25)26)19(24)27-13(3)18(23)21-12(2)14-4-7-16(20)8-5-14/h4-10,12-13H,1-3H3,(H,21,23)/t12-,13-/m0/s1. The zero-order valence-electron chi connectivity index (χ0n) is 15.1. The highest BCUT2D eigenvalue weighted by Crippen LogP contribution is 2.20. The van der Waals surface area contributed by atoms with Crippen molar-refractivity contribution in [1.29, 1.82) is 0 Å². The van der Waals surface area contributed by atoms with Crippen LogP contribution in [0.2, 0.25) is 0 Å². The molecule has 0 heterocycles. The molecule has 2 aromatic carbocycles. The number of ether oxygens (including phenoxy) is 1. The molecule has 0 saturated heterocycles. The van der Waals surface area contributed by atoms with Crippen LogP contribution < -0.4 is 5.32 Å². The third-order valence-corrected chi connectivity index (χ3v) is 4.01. The highest BCUT2D eigenvalue weighted by molar-refractivity contribution is 5.92. The van der Waals surface area contributed by atoms with Crippen molar-refractivity contribution in [1.82, 2.24) is 5.32 Å². The van der Waals surface area contributed by atoms with Crippen LogP contribution in [0.25, 0.3) is 0 Å². The Hall–Kier alpha value is -3.29. The lowest BCUT2D eigenvalue weighted by Crippen LogP contribution is -2.37. The first kappa shape index (κ1) is 20.0. The largest absolute Gasteiger partial charge is 0.449 e. The number of hydrogen-bond acceptors (Lipinski definition) is 5. The van der Waals surface area contributed by atoms with Gasteiger partial charge in [-0.1, -0.05) is 12.1 Å². The van der Waals surface area contributed by atoms with E-state index in [2.05, 4.69) is 5.32 Å². The van der Waals surface area contributed by atoms with Crippen LogP contribution in [-0.2, 0) is 9.53 Å². The number of esters is 1. The van der Waals surface area contributed by atoms with Crippen molar-refractivity contribution in [3.05, 3.63) is 75.1 Å². The molecule has 8 heteroatoms. The van der Waals surface area contributed by atoms with Gasteiger partial charge in [0.25, 0.3) is 11.6 Å². The van der Waals surface area contributed by atoms with Gasteiger partial charge in [0.2, 0.25) is 0 Å². The first-order valence-electron chi connectivity index (χ1n) is 8.21. The number of nitro benzene ring substituents is 1. The summed E-state index contributed by atoms with van der Waals surface area (Å²) < 4.78 is 18.1. The molecular weight excluding hydrogens is 355 g/mol. The molecule has 0 aromatic heterocycles. The quantitative estimate of drug-likeness (QED) is 0.474. The highest BCUT2D eigenvalue weighted by Gasteiger charge is 2.22. The Labute approximate surface area is 155 Å². The van der Waals surface area contributed by atoms with E-state index in [4.69, 9.17) is 4.74 Å². The monoisotopic (exact) mass is 374 g/mol. The summed E-state index contributed by atoms with van der Waals surface area (Å²) in [6.07, 6.45) is -1.07. The molecule has 2 atom stereocenters. The summed E-state index contributed by atoms with van der Waals surface area (Å²) in [5, 5.41) is 13.5. The number of nitrogens with one attached hydrogen (secondary N) is 1. The van der Waals surface area contributed by atoms with Gasteiger partial charge in [0.1, 0.15) is 5.82 Å². The fourth-order valence-electron chi connectivity index (χ4n) is 2.43. The number of nitrogens with zero attached hydrogens (tertiary/aromatic N) is 1. The molecule has 2 rings (SSSR count). The van der Waals surface area contributed by atoms with Gasteiger partial charge < -0.3 is 10.1 Å². The van der Waals surface area contributed by atoms with Crippen LogP contribution in [0.5, 0.6) is 0 Å². The zero-order valence-corrected chi connectivity index (χ0v) is 15.1. The topological polar surface area (TPSA) is 98.5 Å². The smallest absolute Gasteiger partial charge is 0.338 e. The average Bonchev–Trinajstić information content (AvgIpc) is 2.61. The first-order valence-corrected chi connectivity index (χ1v) is 8.21. The summed E-state index contributed by atoms with van der Waals surface area (Å²) in [4.78, 5) is 34.7. The molecule has 0 aliphatic carbocycles. The zero-order chi connectivity index (χ0) is 20.1. The molecule has 0 radical (unpaired) electrons. The van der Waals surface area contributed by atoms with Crippen LogP contribution in [0.3, 0.4) is 0 Å². The molecule has 0 spiro atoms. The summed E-state index contributed by atoms with van der Waals surface area (Å²) >= 11 is 0. The van der Waals surface area contributed by atoms with E-state index in [9.17, 15) is 24.1 Å². The van der Waals surface area contributed by atoms with Crippen LogP contribution in [-0.4, -0.2) is 22.9 Å². The summed E-state index contributed by atoms with van der Waals surface area (Å²) in [6, 6.07) is 9.11. The fourth-order valence-corrected chi connectivity index (χ4v) is 2.43. The molecule has 1 amide bonds. The van der Waals surface area contributed by atoms with Gasteiger partial charge in [0, 0.05) is 11.6 Å². The van der Waals surface area contributed by atoms with Crippen molar-refractivity contribution >= 4 is 17.6 Å². The highest BCUT2D eigenvalue weighted by atomic mass is 19.1. The van der Waals surface area contributed by atoms with Crippen molar-refractivity contribution < 1.29 is 23.6 Å². The van der Waals surface area contributed by atoms with Crippen molar-refractivity contribution in [2.75, 3.05) is 0 Å². The number of halogens is 1. The summed E-state index contributed by atoms with van der Waals surface area (Å²) in [6.45, 7) is 4.65. The second kappa shape index (κ2) is 8.39. The minimum Gasteiger partial charge on any atom is -0.449 e. The SMILES string of the molecule is Cc1cc(C(=O)O[C@@H](C)C(=O)N[C@@H](C)c2ccc(F)cc2)ccc1[N+](=O)[O-]. The third kappa shape index (κ3) is 5.10. The van der Waals surface area contributed by atoms with E-state index >= 15 is 0 Å². The summed E-state index contributed by atoms with van der Waals surface area (Å²) in [5.74, 6) is -1.65. The molecule has 2 aromatic rings. The summed E-state index contributed by atoms with van der Waals surface area (Å²) in [7, 11) is 0. The van der Waals surface area contributed by atoms with Gasteiger partial charge in [0.05, 0.1) is 16.5 Å². The number of hydrogen-bond donors (Lipinski definition) is 1. The molecule has 0 bridgehead atoms. The fraction of sp³-hybridized carbons (Fsp3) is 0.263. The number of carbonyl (C=O) groups is 2. The number of amides is 1. The molecule has 0 fully saturated rings. The maximum atomic E-state index is 13.0. The Balaban J connectivity index is 1.99. The van der Waals surface area contributed by atoms with Crippen molar-refractivity contribution in [3.63, 3.8) is 0 Å². The molecule has 7 nitrogen and oxygen atoms in total. The van der Waals surface area contributed by atoms with Crippen LogP contribution >= 0.6 is 0 Å². The van der Waals surface area contributed by atoms with Gasteiger partial charge >= 0.3 is 5.97 Å². The van der Waals surface area contributed by atoms with E-state index in [0.29, 0.717) is 11.1 Å². The van der Waals surface area contributed by atoms with E-state index in [1.165, 1.54) is 44.2 Å². The summed E-state index contributed by atoms with van der Waals surface area (Å²) in [5.41, 5.74) is 1.03. The maximum Gasteiger partial charge on any atom is 0.338 e. The van der Waals surface area contributed by atoms with E-state index in [1.807, 2.05) is 0 Å². The van der Waals surface area contributed by atoms with Gasteiger partial charge in [-0.2, -0.15) is 0 Å². The van der Waals surface area contributed by atoms with E-state index in [-0.39, 0.29) is 17.1 Å². The minimum absolute atomic E-state index is 0.106. The van der Waals surface area contributed by atoms with Gasteiger partial charge in [-0.3, -0.25) is 14.9 Å².